The minimum atomic E-state index is -1.06. The molecule has 0 unspecified atom stereocenters. The zero-order valence-electron chi connectivity index (χ0n) is 9.65. The van der Waals surface area contributed by atoms with Crippen LogP contribution in [0.1, 0.15) is 16.2 Å². The molecule has 2 aromatic rings. The van der Waals surface area contributed by atoms with Gasteiger partial charge in [-0.2, -0.15) is 5.10 Å². The number of benzene rings is 1. The third-order valence-corrected chi connectivity index (χ3v) is 2.62. The molecule has 0 aliphatic carbocycles. The molecule has 0 saturated carbocycles. The van der Waals surface area contributed by atoms with E-state index in [-0.39, 0.29) is 5.69 Å². The van der Waals surface area contributed by atoms with E-state index in [1.54, 1.807) is 0 Å². The number of halogens is 3. The fraction of sp³-hybridized carbons (Fsp3) is 0.0833. The van der Waals surface area contributed by atoms with Gasteiger partial charge in [-0.3, -0.25) is 9.59 Å². The molecular weight excluding hydrogens is 278 g/mol. The molecule has 0 spiro atoms. The van der Waals surface area contributed by atoms with Crippen molar-refractivity contribution in [3.8, 4) is 5.69 Å². The number of hydrogen-bond acceptors (Lipinski definition) is 3. The summed E-state index contributed by atoms with van der Waals surface area (Å²) in [6.07, 6.45) is 0. The third kappa shape index (κ3) is 2.53. The summed E-state index contributed by atoms with van der Waals surface area (Å²) in [4.78, 5) is 22.5. The van der Waals surface area contributed by atoms with Crippen molar-refractivity contribution in [3.05, 3.63) is 57.5 Å². The fourth-order valence-electron chi connectivity index (χ4n) is 1.56. The van der Waals surface area contributed by atoms with Crippen LogP contribution in [0.25, 0.3) is 5.69 Å². The maximum Gasteiger partial charge on any atom is 0.276 e. The topological polar surface area (TPSA) is 52.0 Å². The van der Waals surface area contributed by atoms with Crippen molar-refractivity contribution in [1.29, 1.82) is 0 Å². The van der Waals surface area contributed by atoms with Crippen LogP contribution in [0.3, 0.4) is 0 Å². The molecule has 0 atom stereocenters. The van der Waals surface area contributed by atoms with Crippen molar-refractivity contribution in [1.82, 2.24) is 9.78 Å². The Morgan fingerprint density at radius 3 is 2.53 bits per heavy atom. The second-order valence-electron chi connectivity index (χ2n) is 3.78. The van der Waals surface area contributed by atoms with E-state index in [0.29, 0.717) is 5.69 Å². The number of nitrogens with zero attached hydrogens (tertiary/aromatic N) is 2. The van der Waals surface area contributed by atoms with E-state index in [4.69, 9.17) is 11.6 Å². The van der Waals surface area contributed by atoms with Crippen molar-refractivity contribution in [2.45, 2.75) is 6.92 Å². The molecule has 1 aromatic heterocycles. The minimum Gasteiger partial charge on any atom is -0.287 e. The van der Waals surface area contributed by atoms with Crippen molar-refractivity contribution in [2.75, 3.05) is 0 Å². The highest BCUT2D eigenvalue weighted by molar-refractivity contribution is 6.67. The summed E-state index contributed by atoms with van der Waals surface area (Å²) in [5, 5.41) is 2.73. The maximum atomic E-state index is 13.2. The Balaban J connectivity index is 2.68. The van der Waals surface area contributed by atoms with Gasteiger partial charge in [-0.05, 0) is 30.7 Å². The molecule has 19 heavy (non-hydrogen) atoms. The molecule has 0 saturated heterocycles. The average Bonchev–Trinajstić information content (AvgIpc) is 2.32. The van der Waals surface area contributed by atoms with Gasteiger partial charge in [0.2, 0.25) is 5.43 Å². The lowest BCUT2D eigenvalue weighted by molar-refractivity contribution is 0.107. The first-order valence-electron chi connectivity index (χ1n) is 5.16. The average molecular weight is 285 g/mol. The van der Waals surface area contributed by atoms with Gasteiger partial charge in [0.25, 0.3) is 5.24 Å². The van der Waals surface area contributed by atoms with E-state index < -0.39 is 28.0 Å². The number of carbonyl (C=O) groups excluding carboxylic acids is 1. The molecule has 2 rings (SSSR count). The SMILES string of the molecule is Cc1cc(=O)c(C(=O)Cl)nn1-c1ccc(F)c(F)c1. The van der Waals surface area contributed by atoms with Crippen LogP contribution < -0.4 is 5.43 Å². The Bertz CT molecular complexity index is 728. The summed E-state index contributed by atoms with van der Waals surface area (Å²) in [6.45, 7) is 1.54. The van der Waals surface area contributed by atoms with Crippen molar-refractivity contribution < 1.29 is 13.6 Å². The monoisotopic (exact) mass is 284 g/mol. The van der Waals surface area contributed by atoms with E-state index >= 15 is 0 Å². The lowest BCUT2D eigenvalue weighted by atomic mass is 10.2. The smallest absolute Gasteiger partial charge is 0.276 e. The summed E-state index contributed by atoms with van der Waals surface area (Å²) >= 11 is 5.23. The number of carbonyl (C=O) groups is 1. The summed E-state index contributed by atoms with van der Waals surface area (Å²) in [5.74, 6) is -2.06. The van der Waals surface area contributed by atoms with Crippen LogP contribution in [0.5, 0.6) is 0 Å². The van der Waals surface area contributed by atoms with Crippen LogP contribution in [-0.4, -0.2) is 15.0 Å². The second-order valence-corrected chi connectivity index (χ2v) is 4.13. The molecule has 0 fully saturated rings. The lowest BCUT2D eigenvalue weighted by Crippen LogP contribution is -2.20. The van der Waals surface area contributed by atoms with Gasteiger partial charge in [0, 0.05) is 17.8 Å². The molecule has 1 aromatic carbocycles. The maximum absolute atomic E-state index is 13.2. The predicted molar refractivity (Wildman–Crippen MR) is 64.7 cm³/mol. The Hall–Kier alpha value is -2.08. The van der Waals surface area contributed by atoms with E-state index in [1.807, 2.05) is 0 Å². The third-order valence-electron chi connectivity index (χ3n) is 2.44. The van der Waals surface area contributed by atoms with Crippen molar-refractivity contribution in [2.24, 2.45) is 0 Å². The van der Waals surface area contributed by atoms with Crippen LogP contribution in [-0.2, 0) is 0 Å². The van der Waals surface area contributed by atoms with Gasteiger partial charge in [-0.15, -0.1) is 0 Å². The zero-order chi connectivity index (χ0) is 14.2. The van der Waals surface area contributed by atoms with E-state index in [1.165, 1.54) is 13.0 Å². The van der Waals surface area contributed by atoms with E-state index in [0.717, 1.165) is 22.9 Å². The number of aryl methyl sites for hydroxylation is 1. The molecule has 98 valence electrons. The van der Waals surface area contributed by atoms with E-state index in [9.17, 15) is 18.4 Å². The highest BCUT2D eigenvalue weighted by Crippen LogP contribution is 2.13. The summed E-state index contributed by atoms with van der Waals surface area (Å²) in [7, 11) is 0. The minimum absolute atomic E-state index is 0.176. The number of aromatic nitrogens is 2. The summed E-state index contributed by atoms with van der Waals surface area (Å²) in [6, 6.07) is 4.24. The number of hydrogen-bond donors (Lipinski definition) is 0. The Morgan fingerprint density at radius 2 is 1.95 bits per heavy atom. The van der Waals surface area contributed by atoms with Crippen molar-refractivity contribution >= 4 is 16.8 Å². The van der Waals surface area contributed by atoms with Crippen LogP contribution in [0, 0.1) is 18.6 Å². The summed E-state index contributed by atoms with van der Waals surface area (Å²) in [5.41, 5.74) is -0.568. The summed E-state index contributed by atoms with van der Waals surface area (Å²) < 4.78 is 27.2. The Kier molecular flexibility index (Phi) is 3.44. The van der Waals surface area contributed by atoms with Crippen LogP contribution >= 0.6 is 11.6 Å². The first kappa shape index (κ1) is 13.4. The van der Waals surface area contributed by atoms with Crippen LogP contribution in [0.15, 0.2) is 29.1 Å². The highest BCUT2D eigenvalue weighted by Gasteiger charge is 2.13. The Labute approximate surface area is 111 Å². The zero-order valence-corrected chi connectivity index (χ0v) is 10.4. The molecule has 0 N–H and O–H groups in total. The van der Waals surface area contributed by atoms with Gasteiger partial charge < -0.3 is 0 Å². The van der Waals surface area contributed by atoms with Crippen molar-refractivity contribution in [3.63, 3.8) is 0 Å². The Morgan fingerprint density at radius 1 is 1.26 bits per heavy atom. The predicted octanol–water partition coefficient (Wildman–Crippen LogP) is 2.20. The highest BCUT2D eigenvalue weighted by atomic mass is 35.5. The molecule has 0 aliphatic heterocycles. The lowest BCUT2D eigenvalue weighted by Gasteiger charge is -2.10. The van der Waals surface area contributed by atoms with Gasteiger partial charge >= 0.3 is 0 Å². The normalized spacial score (nSPS) is 10.5. The molecule has 0 bridgehead atoms. The molecular formula is C12H7ClF2N2O2. The first-order chi connectivity index (χ1) is 8.90. The molecule has 1 heterocycles. The largest absolute Gasteiger partial charge is 0.287 e. The van der Waals surface area contributed by atoms with Gasteiger partial charge in [-0.1, -0.05) is 0 Å². The first-order valence-corrected chi connectivity index (χ1v) is 5.54. The molecule has 7 heteroatoms. The second kappa shape index (κ2) is 4.89. The molecule has 0 amide bonds. The van der Waals surface area contributed by atoms with Gasteiger partial charge in [-0.25, -0.2) is 13.5 Å². The standard InChI is InChI=1S/C12H7ClF2N2O2/c1-6-4-10(18)11(12(13)19)16-17(6)7-2-3-8(14)9(15)5-7/h2-5H,1H3. The van der Waals surface area contributed by atoms with Crippen LogP contribution in [0.2, 0.25) is 0 Å². The van der Waals surface area contributed by atoms with Gasteiger partial charge in [0.1, 0.15) is 0 Å². The van der Waals surface area contributed by atoms with Crippen LogP contribution in [0.4, 0.5) is 8.78 Å². The quantitative estimate of drug-likeness (QED) is 0.795. The van der Waals surface area contributed by atoms with E-state index in [2.05, 4.69) is 5.10 Å². The fourth-order valence-corrected chi connectivity index (χ4v) is 1.69. The number of rotatable bonds is 2. The molecule has 4 nitrogen and oxygen atoms in total. The van der Waals surface area contributed by atoms with Gasteiger partial charge in [0.15, 0.2) is 17.3 Å². The van der Waals surface area contributed by atoms with Gasteiger partial charge in [0.05, 0.1) is 5.69 Å². The molecule has 0 aliphatic rings. The molecule has 0 radical (unpaired) electrons.